The number of amides is 1. The molecule has 0 heterocycles. The van der Waals surface area contributed by atoms with Crippen LogP contribution in [0.3, 0.4) is 0 Å². The molecule has 4 nitrogen and oxygen atoms in total. The molecular formula is C13H20N2O2. The van der Waals surface area contributed by atoms with Crippen LogP contribution in [-0.4, -0.2) is 29.0 Å². The van der Waals surface area contributed by atoms with Crippen molar-refractivity contribution in [2.45, 2.75) is 26.4 Å². The lowest BCUT2D eigenvalue weighted by atomic mass is 10.0. The first-order valence-electron chi connectivity index (χ1n) is 5.70. The van der Waals surface area contributed by atoms with Crippen LogP contribution in [0.25, 0.3) is 0 Å². The van der Waals surface area contributed by atoms with Crippen molar-refractivity contribution < 1.29 is 9.90 Å². The molecule has 0 saturated carbocycles. The van der Waals surface area contributed by atoms with Crippen molar-refractivity contribution >= 4 is 5.91 Å². The Morgan fingerprint density at radius 3 is 2.35 bits per heavy atom. The van der Waals surface area contributed by atoms with Crippen molar-refractivity contribution in [3.05, 3.63) is 29.8 Å². The molecule has 0 fully saturated rings. The second-order valence-electron chi connectivity index (χ2n) is 4.51. The third-order valence-corrected chi connectivity index (χ3v) is 2.91. The summed E-state index contributed by atoms with van der Waals surface area (Å²) in [5.74, 6) is 0.0804. The molecule has 0 aliphatic carbocycles. The number of rotatable bonds is 4. The molecule has 1 aromatic carbocycles. The summed E-state index contributed by atoms with van der Waals surface area (Å²) in [5, 5.41) is 9.16. The molecule has 0 aliphatic rings. The average molecular weight is 236 g/mol. The highest BCUT2D eigenvalue weighted by molar-refractivity contribution is 5.78. The lowest BCUT2D eigenvalue weighted by Gasteiger charge is -2.23. The normalized spacial score (nSPS) is 14.1. The van der Waals surface area contributed by atoms with Gasteiger partial charge in [0.25, 0.3) is 0 Å². The van der Waals surface area contributed by atoms with Gasteiger partial charge >= 0.3 is 0 Å². The van der Waals surface area contributed by atoms with Gasteiger partial charge < -0.3 is 15.7 Å². The molecule has 0 aliphatic heterocycles. The minimum absolute atomic E-state index is 0.0353. The summed E-state index contributed by atoms with van der Waals surface area (Å²) in [4.78, 5) is 13.6. The second-order valence-corrected chi connectivity index (χ2v) is 4.51. The van der Waals surface area contributed by atoms with E-state index in [1.807, 2.05) is 13.8 Å². The molecule has 94 valence electrons. The van der Waals surface area contributed by atoms with Crippen molar-refractivity contribution in [2.24, 2.45) is 11.7 Å². The Morgan fingerprint density at radius 2 is 1.88 bits per heavy atom. The van der Waals surface area contributed by atoms with Gasteiger partial charge in [-0.25, -0.2) is 0 Å². The van der Waals surface area contributed by atoms with E-state index in [0.29, 0.717) is 6.54 Å². The third-order valence-electron chi connectivity index (χ3n) is 2.91. The summed E-state index contributed by atoms with van der Waals surface area (Å²) in [6.45, 7) is 4.19. The molecule has 0 saturated heterocycles. The predicted molar refractivity (Wildman–Crippen MR) is 67.4 cm³/mol. The maximum Gasteiger partial charge on any atom is 0.226 e. The number of nitrogens with zero attached hydrogens (tertiary/aromatic N) is 1. The SMILES string of the molecule is CC(N)C(C)C(=O)N(C)Cc1ccc(O)cc1. The number of nitrogens with two attached hydrogens (primary N) is 1. The van der Waals surface area contributed by atoms with E-state index in [-0.39, 0.29) is 23.6 Å². The van der Waals surface area contributed by atoms with Gasteiger partial charge in [-0.05, 0) is 24.6 Å². The van der Waals surface area contributed by atoms with E-state index < -0.39 is 0 Å². The van der Waals surface area contributed by atoms with E-state index in [1.165, 1.54) is 0 Å². The van der Waals surface area contributed by atoms with Gasteiger partial charge in [0.05, 0.1) is 5.92 Å². The molecule has 0 aromatic heterocycles. The molecular weight excluding hydrogens is 216 g/mol. The maximum atomic E-state index is 12.0. The fourth-order valence-corrected chi connectivity index (χ4v) is 1.53. The molecule has 1 amide bonds. The highest BCUT2D eigenvalue weighted by Crippen LogP contribution is 2.13. The summed E-state index contributed by atoms with van der Waals surface area (Å²) in [6, 6.07) is 6.68. The van der Waals surface area contributed by atoms with E-state index in [9.17, 15) is 4.79 Å². The summed E-state index contributed by atoms with van der Waals surface area (Å²) in [7, 11) is 1.76. The van der Waals surface area contributed by atoms with Crippen LogP contribution in [0.15, 0.2) is 24.3 Å². The highest BCUT2D eigenvalue weighted by Gasteiger charge is 2.20. The van der Waals surface area contributed by atoms with Crippen molar-refractivity contribution in [1.29, 1.82) is 0 Å². The summed E-state index contributed by atoms with van der Waals surface area (Å²) in [5.41, 5.74) is 6.69. The molecule has 0 spiro atoms. The standard InChI is InChI=1S/C13H20N2O2/c1-9(10(2)14)13(17)15(3)8-11-4-6-12(16)7-5-11/h4-7,9-10,16H,8,14H2,1-3H3. The van der Waals surface area contributed by atoms with Gasteiger partial charge in [-0.15, -0.1) is 0 Å². The number of hydrogen-bond donors (Lipinski definition) is 2. The van der Waals surface area contributed by atoms with Crippen LogP contribution in [0.1, 0.15) is 19.4 Å². The zero-order valence-corrected chi connectivity index (χ0v) is 10.6. The van der Waals surface area contributed by atoms with Crippen molar-refractivity contribution in [3.63, 3.8) is 0 Å². The smallest absolute Gasteiger partial charge is 0.226 e. The molecule has 0 bridgehead atoms. The molecule has 0 radical (unpaired) electrons. The van der Waals surface area contributed by atoms with Gasteiger partial charge in [-0.3, -0.25) is 4.79 Å². The van der Waals surface area contributed by atoms with Crippen LogP contribution >= 0.6 is 0 Å². The van der Waals surface area contributed by atoms with Crippen LogP contribution in [-0.2, 0) is 11.3 Å². The number of carbonyl (C=O) groups excluding carboxylic acids is 1. The lowest BCUT2D eigenvalue weighted by molar-refractivity contribution is -0.134. The molecule has 1 rings (SSSR count). The molecule has 2 atom stereocenters. The largest absolute Gasteiger partial charge is 0.508 e. The minimum Gasteiger partial charge on any atom is -0.508 e. The van der Waals surface area contributed by atoms with Crippen molar-refractivity contribution in [2.75, 3.05) is 7.05 Å². The molecule has 2 unspecified atom stereocenters. The minimum atomic E-state index is -0.183. The highest BCUT2D eigenvalue weighted by atomic mass is 16.3. The van der Waals surface area contributed by atoms with Crippen molar-refractivity contribution in [3.8, 4) is 5.75 Å². The Hall–Kier alpha value is -1.55. The number of phenolic OH excluding ortho intramolecular Hbond substituents is 1. The van der Waals surface area contributed by atoms with Gasteiger partial charge in [0.15, 0.2) is 0 Å². The van der Waals surface area contributed by atoms with Crippen LogP contribution < -0.4 is 5.73 Å². The quantitative estimate of drug-likeness (QED) is 0.829. The van der Waals surface area contributed by atoms with Crippen LogP contribution in [0.2, 0.25) is 0 Å². The first-order valence-corrected chi connectivity index (χ1v) is 5.70. The van der Waals surface area contributed by atoms with Gasteiger partial charge in [-0.2, -0.15) is 0 Å². The number of hydrogen-bond acceptors (Lipinski definition) is 3. The fourth-order valence-electron chi connectivity index (χ4n) is 1.53. The Labute approximate surface area is 102 Å². The van der Waals surface area contributed by atoms with E-state index >= 15 is 0 Å². The zero-order valence-electron chi connectivity index (χ0n) is 10.6. The number of carbonyl (C=O) groups is 1. The second kappa shape index (κ2) is 5.68. The van der Waals surface area contributed by atoms with Crippen LogP contribution in [0, 0.1) is 5.92 Å². The Morgan fingerprint density at radius 1 is 1.35 bits per heavy atom. The number of aromatic hydroxyl groups is 1. The number of benzene rings is 1. The van der Waals surface area contributed by atoms with Crippen LogP contribution in [0.4, 0.5) is 0 Å². The Balaban J connectivity index is 2.63. The number of phenols is 1. The molecule has 4 heteroatoms. The Bertz CT molecular complexity index is 374. The average Bonchev–Trinajstić information content (AvgIpc) is 2.30. The first kappa shape index (κ1) is 13.5. The maximum absolute atomic E-state index is 12.0. The van der Waals surface area contributed by atoms with Gasteiger partial charge in [0.1, 0.15) is 5.75 Å². The molecule has 1 aromatic rings. The van der Waals surface area contributed by atoms with E-state index in [2.05, 4.69) is 0 Å². The van der Waals surface area contributed by atoms with Gasteiger partial charge in [0.2, 0.25) is 5.91 Å². The Kier molecular flexibility index (Phi) is 4.52. The third kappa shape index (κ3) is 3.75. The van der Waals surface area contributed by atoms with E-state index in [1.54, 1.807) is 36.2 Å². The summed E-state index contributed by atoms with van der Waals surface area (Å²) >= 11 is 0. The summed E-state index contributed by atoms with van der Waals surface area (Å²) in [6.07, 6.45) is 0. The van der Waals surface area contributed by atoms with Crippen molar-refractivity contribution in [1.82, 2.24) is 4.90 Å². The van der Waals surface area contributed by atoms with E-state index in [4.69, 9.17) is 10.8 Å². The van der Waals surface area contributed by atoms with Gasteiger partial charge in [-0.1, -0.05) is 19.1 Å². The molecule has 17 heavy (non-hydrogen) atoms. The summed E-state index contributed by atoms with van der Waals surface area (Å²) < 4.78 is 0. The van der Waals surface area contributed by atoms with Crippen LogP contribution in [0.5, 0.6) is 5.75 Å². The lowest BCUT2D eigenvalue weighted by Crippen LogP contribution is -2.39. The topological polar surface area (TPSA) is 66.6 Å². The molecule has 3 N–H and O–H groups in total. The van der Waals surface area contributed by atoms with Gasteiger partial charge in [0, 0.05) is 19.6 Å². The fraction of sp³-hybridized carbons (Fsp3) is 0.462. The predicted octanol–water partition coefficient (Wildman–Crippen LogP) is 1.33. The first-order chi connectivity index (χ1) is 7.91. The monoisotopic (exact) mass is 236 g/mol. The zero-order chi connectivity index (χ0) is 13.0. The van der Waals surface area contributed by atoms with E-state index in [0.717, 1.165) is 5.56 Å².